The normalized spacial score (nSPS) is 10.9. The molecule has 2 aromatic rings. The van der Waals surface area contributed by atoms with E-state index in [1.54, 1.807) is 6.33 Å². The zero-order valence-corrected chi connectivity index (χ0v) is 8.90. The molecule has 0 aromatic carbocycles. The predicted molar refractivity (Wildman–Crippen MR) is 55.2 cm³/mol. The Hall–Kier alpha value is -1.62. The van der Waals surface area contributed by atoms with Gasteiger partial charge in [0.1, 0.15) is 5.76 Å². The minimum atomic E-state index is 0.467. The average molecular weight is 206 g/mol. The van der Waals surface area contributed by atoms with E-state index in [2.05, 4.69) is 10.1 Å². The maximum atomic E-state index is 5.49. The van der Waals surface area contributed by atoms with E-state index in [-0.39, 0.29) is 0 Å². The highest BCUT2D eigenvalue weighted by Crippen LogP contribution is 2.13. The van der Waals surface area contributed by atoms with Crippen molar-refractivity contribution in [2.75, 3.05) is 0 Å². The topological polar surface area (TPSA) is 69.9 Å². The Morgan fingerprint density at radius 2 is 2.27 bits per heavy atom. The third-order valence-corrected chi connectivity index (χ3v) is 2.42. The molecule has 5 nitrogen and oxygen atoms in total. The molecule has 2 heterocycles. The van der Waals surface area contributed by atoms with Gasteiger partial charge in [-0.2, -0.15) is 0 Å². The van der Waals surface area contributed by atoms with Crippen LogP contribution >= 0.6 is 0 Å². The van der Waals surface area contributed by atoms with E-state index in [4.69, 9.17) is 10.3 Å². The SMILES string of the molecule is Cc1noc(C)c1Cn1cnc(CN)c1. The number of hydrogen-bond donors (Lipinski definition) is 1. The summed E-state index contributed by atoms with van der Waals surface area (Å²) >= 11 is 0. The van der Waals surface area contributed by atoms with Gasteiger partial charge in [-0.3, -0.25) is 0 Å². The van der Waals surface area contributed by atoms with Crippen LogP contribution in [-0.4, -0.2) is 14.7 Å². The fourth-order valence-corrected chi connectivity index (χ4v) is 1.51. The smallest absolute Gasteiger partial charge is 0.138 e. The van der Waals surface area contributed by atoms with Gasteiger partial charge in [-0.15, -0.1) is 0 Å². The second-order valence-corrected chi connectivity index (χ2v) is 3.54. The van der Waals surface area contributed by atoms with Gasteiger partial charge in [-0.05, 0) is 13.8 Å². The van der Waals surface area contributed by atoms with Crippen LogP contribution < -0.4 is 5.73 Å². The summed E-state index contributed by atoms with van der Waals surface area (Å²) in [6.07, 6.45) is 3.71. The molecule has 0 amide bonds. The Bertz CT molecular complexity index is 438. The molecule has 0 aliphatic heterocycles. The molecular weight excluding hydrogens is 192 g/mol. The second kappa shape index (κ2) is 3.86. The third-order valence-electron chi connectivity index (χ3n) is 2.42. The minimum absolute atomic E-state index is 0.467. The number of rotatable bonds is 3. The van der Waals surface area contributed by atoms with Gasteiger partial charge in [0.15, 0.2) is 0 Å². The highest BCUT2D eigenvalue weighted by Gasteiger charge is 2.09. The zero-order valence-electron chi connectivity index (χ0n) is 8.90. The largest absolute Gasteiger partial charge is 0.361 e. The Labute approximate surface area is 87.9 Å². The second-order valence-electron chi connectivity index (χ2n) is 3.54. The Morgan fingerprint density at radius 1 is 1.47 bits per heavy atom. The molecule has 80 valence electrons. The lowest BCUT2D eigenvalue weighted by molar-refractivity contribution is 0.392. The number of aromatic nitrogens is 3. The van der Waals surface area contributed by atoms with Crippen LogP contribution in [0.3, 0.4) is 0 Å². The summed E-state index contributed by atoms with van der Waals surface area (Å²) in [5.41, 5.74) is 8.41. The van der Waals surface area contributed by atoms with E-state index in [9.17, 15) is 0 Å². The molecule has 5 heteroatoms. The Morgan fingerprint density at radius 3 is 2.80 bits per heavy atom. The molecule has 0 bridgehead atoms. The molecule has 0 radical (unpaired) electrons. The molecule has 15 heavy (non-hydrogen) atoms. The van der Waals surface area contributed by atoms with Gasteiger partial charge in [-0.25, -0.2) is 4.98 Å². The minimum Gasteiger partial charge on any atom is -0.361 e. The first-order valence-electron chi connectivity index (χ1n) is 4.83. The maximum Gasteiger partial charge on any atom is 0.138 e. The Balaban J connectivity index is 2.21. The van der Waals surface area contributed by atoms with Crippen molar-refractivity contribution >= 4 is 0 Å². The molecule has 0 aliphatic carbocycles. The lowest BCUT2D eigenvalue weighted by atomic mass is 10.2. The standard InChI is InChI=1S/C10H14N4O/c1-7-10(8(2)15-13-7)5-14-4-9(3-11)12-6-14/h4,6H,3,5,11H2,1-2H3. The number of nitrogens with zero attached hydrogens (tertiary/aromatic N) is 3. The maximum absolute atomic E-state index is 5.49. The fourth-order valence-electron chi connectivity index (χ4n) is 1.51. The van der Waals surface area contributed by atoms with E-state index in [0.29, 0.717) is 6.54 Å². The fraction of sp³-hybridized carbons (Fsp3) is 0.400. The van der Waals surface area contributed by atoms with Crippen molar-refractivity contribution in [1.82, 2.24) is 14.7 Å². The lowest BCUT2D eigenvalue weighted by Gasteiger charge is -2.00. The summed E-state index contributed by atoms with van der Waals surface area (Å²) in [4.78, 5) is 4.16. The predicted octanol–water partition coefficient (Wildman–Crippen LogP) is 0.995. The van der Waals surface area contributed by atoms with Crippen LogP contribution in [0.15, 0.2) is 17.0 Å². The van der Waals surface area contributed by atoms with Crippen molar-refractivity contribution in [3.63, 3.8) is 0 Å². The van der Waals surface area contributed by atoms with E-state index >= 15 is 0 Å². The van der Waals surface area contributed by atoms with Crippen molar-refractivity contribution < 1.29 is 4.52 Å². The van der Waals surface area contributed by atoms with Crippen LogP contribution in [0.2, 0.25) is 0 Å². The molecule has 2 aromatic heterocycles. The van der Waals surface area contributed by atoms with E-state index in [1.807, 2.05) is 24.6 Å². The lowest BCUT2D eigenvalue weighted by Crippen LogP contribution is -1.99. The summed E-state index contributed by atoms with van der Waals surface area (Å²) in [7, 11) is 0. The highest BCUT2D eigenvalue weighted by molar-refractivity contribution is 5.21. The van der Waals surface area contributed by atoms with Gasteiger partial charge in [0.2, 0.25) is 0 Å². The molecular formula is C10H14N4O. The monoisotopic (exact) mass is 206 g/mol. The number of hydrogen-bond acceptors (Lipinski definition) is 4. The third kappa shape index (κ3) is 1.92. The van der Waals surface area contributed by atoms with Crippen LogP contribution in [0.5, 0.6) is 0 Å². The van der Waals surface area contributed by atoms with Crippen molar-refractivity contribution in [1.29, 1.82) is 0 Å². The molecule has 0 fully saturated rings. The van der Waals surface area contributed by atoms with Crippen LogP contribution in [0.1, 0.15) is 22.7 Å². The van der Waals surface area contributed by atoms with Crippen molar-refractivity contribution in [2.45, 2.75) is 26.9 Å². The quantitative estimate of drug-likeness (QED) is 0.813. The number of imidazole rings is 1. The van der Waals surface area contributed by atoms with Crippen LogP contribution in [0, 0.1) is 13.8 Å². The van der Waals surface area contributed by atoms with Crippen LogP contribution in [0.25, 0.3) is 0 Å². The molecule has 0 unspecified atom stereocenters. The summed E-state index contributed by atoms with van der Waals surface area (Å²) in [5, 5.41) is 3.91. The van der Waals surface area contributed by atoms with Gasteiger partial charge >= 0.3 is 0 Å². The first kappa shape index (κ1) is 9.92. The summed E-state index contributed by atoms with van der Waals surface area (Å²) < 4.78 is 7.07. The Kier molecular flexibility index (Phi) is 2.55. The van der Waals surface area contributed by atoms with Crippen LogP contribution in [-0.2, 0) is 13.1 Å². The van der Waals surface area contributed by atoms with E-state index < -0.39 is 0 Å². The highest BCUT2D eigenvalue weighted by atomic mass is 16.5. The molecule has 0 atom stereocenters. The van der Waals surface area contributed by atoms with Crippen molar-refractivity contribution in [2.24, 2.45) is 5.73 Å². The zero-order chi connectivity index (χ0) is 10.8. The molecule has 2 N–H and O–H groups in total. The first-order valence-corrected chi connectivity index (χ1v) is 4.83. The molecule has 0 saturated carbocycles. The molecule has 0 spiro atoms. The van der Waals surface area contributed by atoms with Gasteiger partial charge < -0.3 is 14.8 Å². The average Bonchev–Trinajstić information content (AvgIpc) is 2.80. The van der Waals surface area contributed by atoms with Gasteiger partial charge in [-0.1, -0.05) is 5.16 Å². The van der Waals surface area contributed by atoms with Gasteiger partial charge in [0.05, 0.1) is 24.3 Å². The van der Waals surface area contributed by atoms with E-state index in [0.717, 1.165) is 29.3 Å². The van der Waals surface area contributed by atoms with E-state index in [1.165, 1.54) is 0 Å². The van der Waals surface area contributed by atoms with Crippen LogP contribution in [0.4, 0.5) is 0 Å². The molecule has 0 aliphatic rings. The van der Waals surface area contributed by atoms with Crippen molar-refractivity contribution in [3.05, 3.63) is 35.2 Å². The number of aryl methyl sites for hydroxylation is 2. The van der Waals surface area contributed by atoms with Crippen molar-refractivity contribution in [3.8, 4) is 0 Å². The number of nitrogens with two attached hydrogens (primary N) is 1. The summed E-state index contributed by atoms with van der Waals surface area (Å²) in [6, 6.07) is 0. The summed E-state index contributed by atoms with van der Waals surface area (Å²) in [6.45, 7) is 5.05. The molecule has 0 saturated heterocycles. The first-order chi connectivity index (χ1) is 7.20. The van der Waals surface area contributed by atoms with Gasteiger partial charge in [0.25, 0.3) is 0 Å². The summed E-state index contributed by atoms with van der Waals surface area (Å²) in [5.74, 6) is 0.857. The van der Waals surface area contributed by atoms with Gasteiger partial charge in [0, 0.05) is 18.3 Å². The molecule has 2 rings (SSSR count).